The molecule has 1 aromatic rings. The zero-order valence-electron chi connectivity index (χ0n) is 14.9. The number of nitrogens with one attached hydrogen (secondary N) is 1. The maximum Gasteiger partial charge on any atom is 0.243 e. The molecule has 0 bridgehead atoms. The largest absolute Gasteiger partial charge is 0.379 e. The molecule has 7 heteroatoms. The lowest BCUT2D eigenvalue weighted by Crippen LogP contribution is -2.61. The van der Waals surface area contributed by atoms with Crippen molar-refractivity contribution in [1.82, 2.24) is 20.1 Å². The van der Waals surface area contributed by atoms with Gasteiger partial charge in [0.2, 0.25) is 5.95 Å². The SMILES string of the molecule is CCc1nnc(NCC2(N3CCOCC3)CCCOC2)nc1CC. The minimum atomic E-state index is 0.00119. The number of aryl methyl sites for hydroxylation is 2. The van der Waals surface area contributed by atoms with Gasteiger partial charge >= 0.3 is 0 Å². The first-order valence-electron chi connectivity index (χ1n) is 9.14. The molecule has 0 spiro atoms. The second-order valence-electron chi connectivity index (χ2n) is 6.57. The fourth-order valence-electron chi connectivity index (χ4n) is 3.63. The van der Waals surface area contributed by atoms with Crippen LogP contribution in [0.2, 0.25) is 0 Å². The third kappa shape index (κ3) is 3.84. The first-order chi connectivity index (χ1) is 11.8. The first-order valence-corrected chi connectivity index (χ1v) is 9.14. The highest BCUT2D eigenvalue weighted by Gasteiger charge is 2.39. The molecule has 3 rings (SSSR count). The lowest BCUT2D eigenvalue weighted by atomic mass is 9.89. The van der Waals surface area contributed by atoms with Crippen molar-refractivity contribution in [2.45, 2.75) is 45.1 Å². The van der Waals surface area contributed by atoms with E-state index in [4.69, 9.17) is 9.47 Å². The van der Waals surface area contributed by atoms with Crippen LogP contribution in [0.1, 0.15) is 38.1 Å². The molecule has 2 saturated heterocycles. The second kappa shape index (κ2) is 8.18. The Morgan fingerprint density at radius 1 is 1.04 bits per heavy atom. The predicted molar refractivity (Wildman–Crippen MR) is 92.2 cm³/mol. The van der Waals surface area contributed by atoms with E-state index in [1.165, 1.54) is 0 Å². The summed E-state index contributed by atoms with van der Waals surface area (Å²) in [4.78, 5) is 7.17. The number of aromatic nitrogens is 3. The van der Waals surface area contributed by atoms with Gasteiger partial charge in [-0.3, -0.25) is 4.90 Å². The third-order valence-electron chi connectivity index (χ3n) is 5.07. The van der Waals surface area contributed by atoms with Crippen molar-refractivity contribution in [3.05, 3.63) is 11.4 Å². The van der Waals surface area contributed by atoms with E-state index in [-0.39, 0.29) is 5.54 Å². The summed E-state index contributed by atoms with van der Waals surface area (Å²) in [7, 11) is 0. The summed E-state index contributed by atoms with van der Waals surface area (Å²) in [5.74, 6) is 0.627. The van der Waals surface area contributed by atoms with Crippen molar-refractivity contribution in [3.8, 4) is 0 Å². The molecule has 0 radical (unpaired) electrons. The summed E-state index contributed by atoms with van der Waals surface area (Å²) < 4.78 is 11.3. The van der Waals surface area contributed by atoms with Crippen LogP contribution in [0.4, 0.5) is 5.95 Å². The van der Waals surface area contributed by atoms with Crippen molar-refractivity contribution in [2.24, 2.45) is 0 Å². The molecule has 2 aliphatic heterocycles. The van der Waals surface area contributed by atoms with Crippen molar-refractivity contribution >= 4 is 5.95 Å². The summed E-state index contributed by atoms with van der Waals surface area (Å²) in [6, 6.07) is 0. The Kier molecular flexibility index (Phi) is 5.97. The van der Waals surface area contributed by atoms with Gasteiger partial charge in [-0.1, -0.05) is 13.8 Å². The summed E-state index contributed by atoms with van der Waals surface area (Å²) in [6.45, 7) is 10.1. The highest BCUT2D eigenvalue weighted by molar-refractivity contribution is 5.27. The zero-order valence-corrected chi connectivity index (χ0v) is 14.9. The van der Waals surface area contributed by atoms with Gasteiger partial charge in [-0.25, -0.2) is 4.98 Å². The average molecular weight is 335 g/mol. The van der Waals surface area contributed by atoms with E-state index in [0.29, 0.717) is 5.95 Å². The predicted octanol–water partition coefficient (Wildman–Crippen LogP) is 1.29. The minimum absolute atomic E-state index is 0.00119. The lowest BCUT2D eigenvalue weighted by Gasteiger charge is -2.47. The molecule has 0 aliphatic carbocycles. The molecule has 2 aliphatic rings. The van der Waals surface area contributed by atoms with Gasteiger partial charge < -0.3 is 14.8 Å². The molecule has 3 heterocycles. The normalized spacial score (nSPS) is 25.6. The number of rotatable bonds is 6. The molecular weight excluding hydrogens is 306 g/mol. The van der Waals surface area contributed by atoms with Gasteiger partial charge in [0.1, 0.15) is 0 Å². The number of anilines is 1. The van der Waals surface area contributed by atoms with Crippen molar-refractivity contribution in [3.63, 3.8) is 0 Å². The van der Waals surface area contributed by atoms with E-state index in [0.717, 1.165) is 83.1 Å². The fraction of sp³-hybridized carbons (Fsp3) is 0.824. The monoisotopic (exact) mass is 335 g/mol. The Hall–Kier alpha value is -1.31. The van der Waals surface area contributed by atoms with E-state index < -0.39 is 0 Å². The van der Waals surface area contributed by atoms with Crippen molar-refractivity contribution in [2.75, 3.05) is 51.4 Å². The van der Waals surface area contributed by atoms with Crippen LogP contribution in [0, 0.1) is 0 Å². The Morgan fingerprint density at radius 2 is 1.83 bits per heavy atom. The number of morpholine rings is 1. The number of nitrogens with zero attached hydrogens (tertiary/aromatic N) is 4. The van der Waals surface area contributed by atoms with Crippen LogP contribution in [-0.4, -0.2) is 71.7 Å². The van der Waals surface area contributed by atoms with Gasteiger partial charge in [-0.05, 0) is 25.7 Å². The Morgan fingerprint density at radius 3 is 2.50 bits per heavy atom. The summed E-state index contributed by atoms with van der Waals surface area (Å²) in [6.07, 6.45) is 3.97. The second-order valence-corrected chi connectivity index (χ2v) is 6.57. The van der Waals surface area contributed by atoms with Crippen molar-refractivity contribution < 1.29 is 9.47 Å². The van der Waals surface area contributed by atoms with E-state index in [1.807, 2.05) is 0 Å². The van der Waals surface area contributed by atoms with Gasteiger partial charge in [0.05, 0.1) is 36.7 Å². The van der Waals surface area contributed by atoms with Crippen LogP contribution >= 0.6 is 0 Å². The third-order valence-corrected chi connectivity index (χ3v) is 5.07. The molecular formula is C17H29N5O2. The summed E-state index contributed by atoms with van der Waals surface area (Å²) in [5, 5.41) is 12.0. The Bertz CT molecular complexity index is 528. The van der Waals surface area contributed by atoms with Crippen LogP contribution in [-0.2, 0) is 22.3 Å². The molecule has 0 saturated carbocycles. The molecule has 7 nitrogen and oxygen atoms in total. The van der Waals surface area contributed by atoms with E-state index in [1.54, 1.807) is 0 Å². The van der Waals surface area contributed by atoms with Crippen LogP contribution in [0.3, 0.4) is 0 Å². The molecule has 0 aromatic carbocycles. The summed E-state index contributed by atoms with van der Waals surface area (Å²) in [5.41, 5.74) is 2.03. The van der Waals surface area contributed by atoms with Crippen molar-refractivity contribution in [1.29, 1.82) is 0 Å². The Labute approximate surface area is 144 Å². The standard InChI is InChI=1S/C17H29N5O2/c1-3-14-15(4-2)20-21-16(19-14)18-12-17(6-5-9-24-13-17)22-7-10-23-11-8-22/h3-13H2,1-2H3,(H,18,19,21). The smallest absolute Gasteiger partial charge is 0.243 e. The quantitative estimate of drug-likeness (QED) is 0.840. The maximum absolute atomic E-state index is 5.83. The fourth-order valence-corrected chi connectivity index (χ4v) is 3.63. The number of ether oxygens (including phenoxy) is 2. The summed E-state index contributed by atoms with van der Waals surface area (Å²) >= 11 is 0. The number of hydrogen-bond donors (Lipinski definition) is 1. The molecule has 2 fully saturated rings. The molecule has 1 N–H and O–H groups in total. The molecule has 1 unspecified atom stereocenters. The molecule has 134 valence electrons. The van der Waals surface area contributed by atoms with Gasteiger partial charge in [-0.15, -0.1) is 5.10 Å². The molecule has 24 heavy (non-hydrogen) atoms. The van der Waals surface area contributed by atoms with E-state index >= 15 is 0 Å². The van der Waals surface area contributed by atoms with Crippen LogP contribution < -0.4 is 5.32 Å². The number of hydrogen-bond acceptors (Lipinski definition) is 7. The van der Waals surface area contributed by atoms with Crippen LogP contribution in [0.15, 0.2) is 0 Å². The van der Waals surface area contributed by atoms with Gasteiger partial charge in [0.15, 0.2) is 0 Å². The van der Waals surface area contributed by atoms with E-state index in [2.05, 4.69) is 39.2 Å². The molecule has 0 amide bonds. The zero-order chi connectivity index (χ0) is 16.8. The molecule has 1 atom stereocenters. The van der Waals surface area contributed by atoms with Gasteiger partial charge in [-0.2, -0.15) is 5.10 Å². The lowest BCUT2D eigenvalue weighted by molar-refractivity contribution is -0.0800. The van der Waals surface area contributed by atoms with Gasteiger partial charge in [0.25, 0.3) is 0 Å². The minimum Gasteiger partial charge on any atom is -0.379 e. The maximum atomic E-state index is 5.83. The highest BCUT2D eigenvalue weighted by atomic mass is 16.5. The first kappa shape index (κ1) is 17.5. The highest BCUT2D eigenvalue weighted by Crippen LogP contribution is 2.27. The van der Waals surface area contributed by atoms with E-state index in [9.17, 15) is 0 Å². The van der Waals surface area contributed by atoms with Crippen LogP contribution in [0.5, 0.6) is 0 Å². The molecule has 1 aromatic heterocycles. The Balaban J connectivity index is 1.71. The van der Waals surface area contributed by atoms with Gasteiger partial charge in [0, 0.05) is 26.2 Å². The van der Waals surface area contributed by atoms with Crippen LogP contribution in [0.25, 0.3) is 0 Å². The average Bonchev–Trinajstić information content (AvgIpc) is 2.67. The topological polar surface area (TPSA) is 72.4 Å².